The summed E-state index contributed by atoms with van der Waals surface area (Å²) in [5.74, 6) is -0.864. The molecular weight excluding hydrogens is 275 g/mol. The molecule has 5 heteroatoms. The highest BCUT2D eigenvalue weighted by atomic mass is 19.1. The predicted molar refractivity (Wildman–Crippen MR) is 73.4 cm³/mol. The van der Waals surface area contributed by atoms with Crippen LogP contribution in [0, 0.1) is 5.82 Å². The van der Waals surface area contributed by atoms with Crippen LogP contribution in [0.25, 0.3) is 0 Å². The summed E-state index contributed by atoms with van der Waals surface area (Å²) in [5, 5.41) is 9.05. The fourth-order valence-corrected chi connectivity index (χ4v) is 2.32. The lowest BCUT2D eigenvalue weighted by molar-refractivity contribution is 0.0688. The number of para-hydroxylation sites is 1. The highest BCUT2D eigenvalue weighted by molar-refractivity contribution is 5.90. The highest BCUT2D eigenvalue weighted by Crippen LogP contribution is 2.29. The van der Waals surface area contributed by atoms with Crippen LogP contribution in [0.15, 0.2) is 42.5 Å². The molecule has 0 bridgehead atoms. The normalized spacial score (nSPS) is 16.1. The number of carboxylic acid groups (broad SMARTS) is 1. The lowest BCUT2D eigenvalue weighted by Gasteiger charge is -2.14. The van der Waals surface area contributed by atoms with Crippen molar-refractivity contribution in [3.8, 4) is 11.5 Å². The van der Waals surface area contributed by atoms with Crippen LogP contribution >= 0.6 is 0 Å². The second kappa shape index (κ2) is 5.44. The van der Waals surface area contributed by atoms with Crippen LogP contribution in [0.5, 0.6) is 11.5 Å². The summed E-state index contributed by atoms with van der Waals surface area (Å²) in [6.07, 6.45) is 0.536. The van der Waals surface area contributed by atoms with Crippen molar-refractivity contribution in [3.05, 3.63) is 59.4 Å². The van der Waals surface area contributed by atoms with Crippen molar-refractivity contribution in [2.24, 2.45) is 0 Å². The Morgan fingerprint density at radius 1 is 1.33 bits per heavy atom. The molecule has 1 unspecified atom stereocenters. The molecular formula is C16H13FO4. The Bertz CT molecular complexity index is 659. The van der Waals surface area contributed by atoms with E-state index in [-0.39, 0.29) is 24.0 Å². The molecule has 1 heterocycles. The lowest BCUT2D eigenvalue weighted by atomic mass is 10.1. The van der Waals surface area contributed by atoms with E-state index < -0.39 is 11.8 Å². The van der Waals surface area contributed by atoms with Crippen molar-refractivity contribution in [1.29, 1.82) is 0 Å². The number of benzene rings is 2. The molecule has 1 N–H and O–H groups in total. The largest absolute Gasteiger partial charge is 0.489 e. The molecule has 0 amide bonds. The number of rotatable bonds is 4. The van der Waals surface area contributed by atoms with E-state index in [0.29, 0.717) is 6.42 Å². The minimum atomic E-state index is -1.22. The Morgan fingerprint density at radius 3 is 2.90 bits per heavy atom. The molecule has 0 saturated carbocycles. The first kappa shape index (κ1) is 13.4. The van der Waals surface area contributed by atoms with Gasteiger partial charge in [-0.15, -0.1) is 0 Å². The van der Waals surface area contributed by atoms with Gasteiger partial charge in [-0.1, -0.05) is 18.2 Å². The first-order chi connectivity index (χ1) is 10.1. The molecule has 0 aliphatic carbocycles. The van der Waals surface area contributed by atoms with Gasteiger partial charge >= 0.3 is 5.97 Å². The van der Waals surface area contributed by atoms with E-state index in [2.05, 4.69) is 0 Å². The van der Waals surface area contributed by atoms with E-state index in [1.165, 1.54) is 12.1 Å². The van der Waals surface area contributed by atoms with Crippen LogP contribution < -0.4 is 9.47 Å². The molecule has 108 valence electrons. The third kappa shape index (κ3) is 2.81. The third-order valence-corrected chi connectivity index (χ3v) is 3.31. The molecule has 2 aromatic rings. The summed E-state index contributed by atoms with van der Waals surface area (Å²) in [5.41, 5.74) is 0.911. The van der Waals surface area contributed by atoms with E-state index in [9.17, 15) is 9.18 Å². The first-order valence-corrected chi connectivity index (χ1v) is 6.53. The Balaban J connectivity index is 1.68. The number of hydrogen-bond donors (Lipinski definition) is 1. The Hall–Kier alpha value is -2.56. The molecule has 0 saturated heterocycles. The van der Waals surface area contributed by atoms with E-state index in [0.717, 1.165) is 17.4 Å². The molecule has 1 aliphatic rings. The minimum Gasteiger partial charge on any atom is -0.489 e. The molecule has 0 aromatic heterocycles. The number of hydrogen-bond acceptors (Lipinski definition) is 3. The van der Waals surface area contributed by atoms with Gasteiger partial charge < -0.3 is 14.6 Å². The fourth-order valence-electron chi connectivity index (χ4n) is 2.32. The van der Waals surface area contributed by atoms with Gasteiger partial charge in [-0.3, -0.25) is 0 Å². The summed E-state index contributed by atoms with van der Waals surface area (Å²) < 4.78 is 24.3. The van der Waals surface area contributed by atoms with Crippen LogP contribution in [-0.2, 0) is 6.42 Å². The number of carbonyl (C=O) groups is 1. The van der Waals surface area contributed by atoms with Crippen molar-refractivity contribution in [2.75, 3.05) is 6.61 Å². The number of carboxylic acids is 1. The summed E-state index contributed by atoms with van der Waals surface area (Å²) in [6.45, 7) is 0.209. The van der Waals surface area contributed by atoms with E-state index in [1.807, 2.05) is 24.3 Å². The van der Waals surface area contributed by atoms with Crippen LogP contribution in [-0.4, -0.2) is 23.8 Å². The molecule has 2 aromatic carbocycles. The number of ether oxygens (including phenoxy) is 2. The van der Waals surface area contributed by atoms with Crippen molar-refractivity contribution in [1.82, 2.24) is 0 Å². The van der Waals surface area contributed by atoms with Gasteiger partial charge in [-0.25, -0.2) is 9.18 Å². The van der Waals surface area contributed by atoms with Crippen LogP contribution in [0.4, 0.5) is 4.39 Å². The smallest absolute Gasteiger partial charge is 0.339 e. The molecule has 21 heavy (non-hydrogen) atoms. The standard InChI is InChI=1S/C16H13FO4/c17-11-5-6-15(13(8-11)16(18)19)20-9-12-7-10-3-1-2-4-14(10)21-12/h1-6,8,12H,7,9H2,(H,18,19). The summed E-state index contributed by atoms with van der Waals surface area (Å²) in [4.78, 5) is 11.1. The molecule has 4 nitrogen and oxygen atoms in total. The maximum Gasteiger partial charge on any atom is 0.339 e. The Labute approximate surface area is 120 Å². The monoisotopic (exact) mass is 288 g/mol. The summed E-state index contributed by atoms with van der Waals surface area (Å²) in [7, 11) is 0. The van der Waals surface area contributed by atoms with E-state index in [4.69, 9.17) is 14.6 Å². The van der Waals surface area contributed by atoms with Gasteiger partial charge in [0.2, 0.25) is 0 Å². The Morgan fingerprint density at radius 2 is 2.14 bits per heavy atom. The SMILES string of the molecule is O=C(O)c1cc(F)ccc1OCC1Cc2ccccc2O1. The molecule has 0 fully saturated rings. The Kier molecular flexibility index (Phi) is 3.48. The molecule has 1 aliphatic heterocycles. The molecule has 1 atom stereocenters. The number of halogens is 1. The van der Waals surface area contributed by atoms with Crippen LogP contribution in [0.2, 0.25) is 0 Å². The topological polar surface area (TPSA) is 55.8 Å². The summed E-state index contributed by atoms with van der Waals surface area (Å²) in [6, 6.07) is 11.1. The van der Waals surface area contributed by atoms with Gasteiger partial charge in [0.1, 0.15) is 35.6 Å². The van der Waals surface area contributed by atoms with Gasteiger partial charge in [0, 0.05) is 6.42 Å². The zero-order valence-corrected chi connectivity index (χ0v) is 11.1. The van der Waals surface area contributed by atoms with Gasteiger partial charge in [0.15, 0.2) is 0 Å². The lowest BCUT2D eigenvalue weighted by Crippen LogP contribution is -2.23. The average Bonchev–Trinajstić information content (AvgIpc) is 2.88. The second-order valence-electron chi connectivity index (χ2n) is 4.81. The fraction of sp³-hybridized carbons (Fsp3) is 0.188. The van der Waals surface area contributed by atoms with Crippen molar-refractivity contribution >= 4 is 5.97 Å². The number of aromatic carboxylic acids is 1. The average molecular weight is 288 g/mol. The highest BCUT2D eigenvalue weighted by Gasteiger charge is 2.23. The zero-order valence-electron chi connectivity index (χ0n) is 11.1. The second-order valence-corrected chi connectivity index (χ2v) is 4.81. The predicted octanol–water partition coefficient (Wildman–Crippen LogP) is 2.91. The zero-order chi connectivity index (χ0) is 14.8. The third-order valence-electron chi connectivity index (χ3n) is 3.31. The maximum absolute atomic E-state index is 13.1. The van der Waals surface area contributed by atoms with Gasteiger partial charge in [0.25, 0.3) is 0 Å². The molecule has 0 radical (unpaired) electrons. The van der Waals surface area contributed by atoms with Gasteiger partial charge in [-0.05, 0) is 29.8 Å². The molecule has 3 rings (SSSR count). The number of fused-ring (bicyclic) bond motifs is 1. The van der Waals surface area contributed by atoms with E-state index in [1.54, 1.807) is 0 Å². The minimum absolute atomic E-state index is 0.142. The van der Waals surface area contributed by atoms with Gasteiger partial charge in [-0.2, -0.15) is 0 Å². The van der Waals surface area contributed by atoms with Gasteiger partial charge in [0.05, 0.1) is 0 Å². The van der Waals surface area contributed by atoms with Crippen LogP contribution in [0.1, 0.15) is 15.9 Å². The molecule has 0 spiro atoms. The maximum atomic E-state index is 13.1. The van der Waals surface area contributed by atoms with Crippen molar-refractivity contribution in [2.45, 2.75) is 12.5 Å². The van der Waals surface area contributed by atoms with Crippen molar-refractivity contribution in [3.63, 3.8) is 0 Å². The van der Waals surface area contributed by atoms with E-state index >= 15 is 0 Å². The van der Waals surface area contributed by atoms with Crippen LogP contribution in [0.3, 0.4) is 0 Å². The summed E-state index contributed by atoms with van der Waals surface area (Å²) >= 11 is 0. The first-order valence-electron chi connectivity index (χ1n) is 6.53. The van der Waals surface area contributed by atoms with Crippen molar-refractivity contribution < 1.29 is 23.8 Å². The quantitative estimate of drug-likeness (QED) is 0.940.